The van der Waals surface area contributed by atoms with E-state index in [4.69, 9.17) is 17.3 Å². The van der Waals surface area contributed by atoms with Crippen LogP contribution in [0.2, 0.25) is 5.02 Å². The zero-order valence-electron chi connectivity index (χ0n) is 7.84. The fraction of sp³-hybridized carbons (Fsp3) is 0.222. The van der Waals surface area contributed by atoms with Crippen molar-refractivity contribution in [2.24, 2.45) is 5.73 Å². The van der Waals surface area contributed by atoms with Gasteiger partial charge in [0, 0.05) is 5.56 Å². The molecule has 1 aromatic carbocycles. The number of hydrogen-bond acceptors (Lipinski definition) is 2. The molecule has 90 valence electrons. The first-order chi connectivity index (χ1) is 6.86. The molecular weight excluding hydrogens is 266 g/mol. The van der Waals surface area contributed by atoms with Crippen LogP contribution in [0.1, 0.15) is 15.9 Å². The number of halogens is 5. The summed E-state index contributed by atoms with van der Waals surface area (Å²) in [5, 5.41) is -0.236. The molecule has 0 heterocycles. The highest BCUT2D eigenvalue weighted by Crippen LogP contribution is 2.32. The van der Waals surface area contributed by atoms with Crippen LogP contribution in [0, 0.1) is 0 Å². The Bertz CT molecular complexity index is 393. The molecule has 0 bridgehead atoms. The highest BCUT2D eigenvalue weighted by molar-refractivity contribution is 6.34. The molecule has 0 saturated carbocycles. The average molecular weight is 274 g/mol. The van der Waals surface area contributed by atoms with Crippen LogP contribution in [0.15, 0.2) is 18.2 Å². The van der Waals surface area contributed by atoms with Gasteiger partial charge < -0.3 is 5.73 Å². The third kappa shape index (κ3) is 3.37. The van der Waals surface area contributed by atoms with E-state index in [0.29, 0.717) is 6.07 Å². The van der Waals surface area contributed by atoms with E-state index in [1.807, 2.05) is 0 Å². The van der Waals surface area contributed by atoms with E-state index >= 15 is 0 Å². The molecule has 0 fully saturated rings. The topological polar surface area (TPSA) is 43.1 Å². The molecule has 0 aliphatic heterocycles. The van der Waals surface area contributed by atoms with Gasteiger partial charge in [-0.15, -0.1) is 12.4 Å². The summed E-state index contributed by atoms with van der Waals surface area (Å²) < 4.78 is 36.6. The zero-order valence-corrected chi connectivity index (χ0v) is 9.42. The van der Waals surface area contributed by atoms with Gasteiger partial charge in [-0.05, 0) is 18.2 Å². The first kappa shape index (κ1) is 15.2. The van der Waals surface area contributed by atoms with Crippen molar-refractivity contribution in [3.63, 3.8) is 0 Å². The number of benzene rings is 1. The van der Waals surface area contributed by atoms with E-state index in [1.54, 1.807) is 0 Å². The Labute approximate surface area is 101 Å². The van der Waals surface area contributed by atoms with Gasteiger partial charge >= 0.3 is 6.18 Å². The van der Waals surface area contributed by atoms with Gasteiger partial charge in [-0.2, -0.15) is 13.2 Å². The van der Waals surface area contributed by atoms with E-state index in [2.05, 4.69) is 0 Å². The Morgan fingerprint density at radius 1 is 1.38 bits per heavy atom. The first-order valence-electron chi connectivity index (χ1n) is 3.96. The first-order valence-corrected chi connectivity index (χ1v) is 4.34. The molecule has 16 heavy (non-hydrogen) atoms. The van der Waals surface area contributed by atoms with Crippen LogP contribution in [-0.2, 0) is 6.18 Å². The predicted molar refractivity (Wildman–Crippen MR) is 57.1 cm³/mol. The number of alkyl halides is 3. The summed E-state index contributed by atoms with van der Waals surface area (Å²) in [5.74, 6) is -0.492. The molecule has 2 nitrogen and oxygen atoms in total. The Balaban J connectivity index is 0.00000225. The lowest BCUT2D eigenvalue weighted by Crippen LogP contribution is -2.14. The molecule has 0 radical (unpaired) electrons. The molecule has 0 aromatic heterocycles. The second-order valence-corrected chi connectivity index (χ2v) is 3.23. The molecule has 1 aromatic rings. The third-order valence-corrected chi connectivity index (χ3v) is 2.09. The number of ketones is 1. The smallest absolute Gasteiger partial charge is 0.324 e. The van der Waals surface area contributed by atoms with Crippen molar-refractivity contribution in [3.8, 4) is 0 Å². The second-order valence-electron chi connectivity index (χ2n) is 2.82. The second kappa shape index (κ2) is 5.52. The molecule has 0 spiro atoms. The molecular formula is C9H8Cl2F3NO. The predicted octanol–water partition coefficient (Wildman–Crippen LogP) is 2.92. The van der Waals surface area contributed by atoms with E-state index in [9.17, 15) is 18.0 Å². The minimum absolute atomic E-state index is 0. The molecule has 2 N–H and O–H groups in total. The van der Waals surface area contributed by atoms with Crippen molar-refractivity contribution in [2.75, 3.05) is 6.54 Å². The summed E-state index contributed by atoms with van der Waals surface area (Å²) in [6.07, 6.45) is -4.46. The average Bonchev–Trinajstić information content (AvgIpc) is 2.15. The van der Waals surface area contributed by atoms with Crippen LogP contribution in [0.25, 0.3) is 0 Å². The van der Waals surface area contributed by atoms with Gasteiger partial charge in [0.15, 0.2) is 5.78 Å². The highest BCUT2D eigenvalue weighted by Gasteiger charge is 2.31. The van der Waals surface area contributed by atoms with Gasteiger partial charge in [-0.25, -0.2) is 0 Å². The Kier molecular flexibility index (Phi) is 5.25. The number of rotatable bonds is 2. The summed E-state index contributed by atoms with van der Waals surface area (Å²) in [5.41, 5.74) is 4.19. The standard InChI is InChI=1S/C9H7ClF3NO.ClH/c10-7-3-5(9(11,12)13)1-2-6(7)8(15)4-14;/h1-3H,4,14H2;1H. The normalized spacial score (nSPS) is 10.8. The van der Waals surface area contributed by atoms with Gasteiger partial charge in [0.25, 0.3) is 0 Å². The molecule has 0 unspecified atom stereocenters. The lowest BCUT2D eigenvalue weighted by Gasteiger charge is -2.08. The van der Waals surface area contributed by atoms with Gasteiger partial charge in [0.05, 0.1) is 17.1 Å². The Morgan fingerprint density at radius 2 is 1.94 bits per heavy atom. The van der Waals surface area contributed by atoms with E-state index in [0.717, 1.165) is 12.1 Å². The van der Waals surface area contributed by atoms with E-state index in [1.165, 1.54) is 0 Å². The minimum atomic E-state index is -4.46. The quantitative estimate of drug-likeness (QED) is 0.842. The Hall–Kier alpha value is -0.780. The third-order valence-electron chi connectivity index (χ3n) is 1.78. The fourth-order valence-electron chi connectivity index (χ4n) is 1.03. The van der Waals surface area contributed by atoms with Crippen LogP contribution in [0.5, 0.6) is 0 Å². The molecule has 0 saturated heterocycles. The molecule has 0 amide bonds. The van der Waals surface area contributed by atoms with Crippen LogP contribution >= 0.6 is 24.0 Å². The Morgan fingerprint density at radius 3 is 2.31 bits per heavy atom. The van der Waals surface area contributed by atoms with Crippen molar-refractivity contribution in [3.05, 3.63) is 34.3 Å². The van der Waals surface area contributed by atoms with Crippen molar-refractivity contribution in [1.29, 1.82) is 0 Å². The van der Waals surface area contributed by atoms with Gasteiger partial charge in [-0.1, -0.05) is 11.6 Å². The van der Waals surface area contributed by atoms with Gasteiger partial charge in [-0.3, -0.25) is 4.79 Å². The molecule has 1 rings (SSSR count). The largest absolute Gasteiger partial charge is 0.416 e. The van der Waals surface area contributed by atoms with Gasteiger partial charge in [0.1, 0.15) is 0 Å². The monoisotopic (exact) mass is 273 g/mol. The van der Waals surface area contributed by atoms with Crippen molar-refractivity contribution < 1.29 is 18.0 Å². The van der Waals surface area contributed by atoms with Crippen molar-refractivity contribution >= 4 is 29.8 Å². The van der Waals surface area contributed by atoms with Crippen LogP contribution in [0.3, 0.4) is 0 Å². The number of carbonyl (C=O) groups is 1. The van der Waals surface area contributed by atoms with Crippen LogP contribution < -0.4 is 5.73 Å². The summed E-state index contributed by atoms with van der Waals surface area (Å²) in [7, 11) is 0. The molecule has 0 aliphatic rings. The maximum Gasteiger partial charge on any atom is 0.416 e. The zero-order chi connectivity index (χ0) is 11.6. The van der Waals surface area contributed by atoms with E-state index < -0.39 is 17.5 Å². The molecule has 0 aliphatic carbocycles. The highest BCUT2D eigenvalue weighted by atomic mass is 35.5. The van der Waals surface area contributed by atoms with Crippen LogP contribution in [0.4, 0.5) is 13.2 Å². The molecule has 0 atom stereocenters. The van der Waals surface area contributed by atoms with Crippen molar-refractivity contribution in [1.82, 2.24) is 0 Å². The number of carbonyl (C=O) groups excluding carboxylic acids is 1. The van der Waals surface area contributed by atoms with Crippen LogP contribution in [-0.4, -0.2) is 12.3 Å². The maximum atomic E-state index is 12.2. The molecule has 7 heteroatoms. The van der Waals surface area contributed by atoms with E-state index in [-0.39, 0.29) is 29.5 Å². The summed E-state index contributed by atoms with van der Waals surface area (Å²) in [4.78, 5) is 11.1. The van der Waals surface area contributed by atoms with Gasteiger partial charge in [0.2, 0.25) is 0 Å². The SMILES string of the molecule is Cl.NCC(=O)c1ccc(C(F)(F)F)cc1Cl. The lowest BCUT2D eigenvalue weighted by atomic mass is 10.1. The minimum Gasteiger partial charge on any atom is -0.324 e. The summed E-state index contributed by atoms with van der Waals surface area (Å²) in [6, 6.07) is 2.54. The summed E-state index contributed by atoms with van der Waals surface area (Å²) >= 11 is 5.53. The van der Waals surface area contributed by atoms with Crippen molar-refractivity contribution in [2.45, 2.75) is 6.18 Å². The number of hydrogen-bond donors (Lipinski definition) is 1. The number of nitrogens with two attached hydrogens (primary N) is 1. The summed E-state index contributed by atoms with van der Waals surface area (Å²) in [6.45, 7) is -0.287. The lowest BCUT2D eigenvalue weighted by molar-refractivity contribution is -0.137. The number of Topliss-reactive ketones (excluding diaryl/α,β-unsaturated/α-hetero) is 1. The fourth-order valence-corrected chi connectivity index (χ4v) is 1.31. The maximum absolute atomic E-state index is 12.2.